The Morgan fingerprint density at radius 2 is 1.71 bits per heavy atom. The summed E-state index contributed by atoms with van der Waals surface area (Å²) in [5, 5.41) is 0. The molecule has 0 N–H and O–H groups in total. The van der Waals surface area contributed by atoms with Gasteiger partial charge in [-0.1, -0.05) is 0 Å². The van der Waals surface area contributed by atoms with Gasteiger partial charge in [-0.05, 0) is 50.9 Å². The Hall–Kier alpha value is -1.30. The second-order valence-electron chi connectivity index (χ2n) is 7.71. The molecule has 2 bridgehead atoms. The number of rotatable bonds is 4. The first-order chi connectivity index (χ1) is 11.6. The largest absolute Gasteiger partial charge is 0.466 e. The second kappa shape index (κ2) is 6.21. The normalized spacial score (nSPS) is 40.3. The van der Waals surface area contributed by atoms with Gasteiger partial charge in [0.1, 0.15) is 0 Å². The van der Waals surface area contributed by atoms with E-state index in [0.717, 1.165) is 32.5 Å². The molecule has 2 saturated carbocycles. The van der Waals surface area contributed by atoms with Gasteiger partial charge in [-0.2, -0.15) is 0 Å². The first kappa shape index (κ1) is 16.2. The summed E-state index contributed by atoms with van der Waals surface area (Å²) in [7, 11) is 0. The average molecular weight is 336 g/mol. The SMILES string of the molecule is CCOC(=O)[C@@H]1[C@@H]2CN(C3CC4CCC3CN4C(=O)OCC)C[C@@H]21. The van der Waals surface area contributed by atoms with Crippen LogP contribution in [-0.4, -0.2) is 66.8 Å². The van der Waals surface area contributed by atoms with Crippen LogP contribution in [0.5, 0.6) is 0 Å². The molecule has 2 aliphatic carbocycles. The first-order valence-corrected chi connectivity index (χ1v) is 9.48. The van der Waals surface area contributed by atoms with Gasteiger partial charge in [0.05, 0.1) is 19.1 Å². The van der Waals surface area contributed by atoms with Gasteiger partial charge in [0.15, 0.2) is 0 Å². The summed E-state index contributed by atoms with van der Waals surface area (Å²) in [6.07, 6.45) is 3.23. The molecule has 134 valence electrons. The summed E-state index contributed by atoms with van der Waals surface area (Å²) in [5.74, 6) is 1.72. The number of hydrogen-bond donors (Lipinski definition) is 0. The molecule has 0 radical (unpaired) electrons. The molecule has 6 atom stereocenters. The van der Waals surface area contributed by atoms with Gasteiger partial charge in [-0.25, -0.2) is 4.79 Å². The average Bonchev–Trinajstić information content (AvgIpc) is 3.10. The monoisotopic (exact) mass is 336 g/mol. The van der Waals surface area contributed by atoms with Crippen molar-refractivity contribution in [2.45, 2.75) is 45.2 Å². The molecule has 1 amide bonds. The molecule has 3 aliphatic heterocycles. The van der Waals surface area contributed by atoms with Crippen LogP contribution in [0, 0.1) is 23.7 Å². The van der Waals surface area contributed by atoms with Gasteiger partial charge < -0.3 is 14.4 Å². The van der Waals surface area contributed by atoms with Gasteiger partial charge in [-0.15, -0.1) is 0 Å². The zero-order valence-corrected chi connectivity index (χ0v) is 14.6. The maximum Gasteiger partial charge on any atom is 0.410 e. The molecule has 0 aromatic carbocycles. The molecule has 0 aromatic heterocycles. The van der Waals surface area contributed by atoms with Crippen molar-refractivity contribution in [3.63, 3.8) is 0 Å². The van der Waals surface area contributed by atoms with Crippen molar-refractivity contribution in [2.24, 2.45) is 23.7 Å². The molecule has 0 aromatic rings. The minimum absolute atomic E-state index is 0.00537. The smallest absolute Gasteiger partial charge is 0.410 e. The van der Waals surface area contributed by atoms with Crippen molar-refractivity contribution in [3.05, 3.63) is 0 Å². The third-order valence-electron chi connectivity index (χ3n) is 6.55. The zero-order valence-electron chi connectivity index (χ0n) is 14.6. The van der Waals surface area contributed by atoms with E-state index in [-0.39, 0.29) is 18.0 Å². The molecule has 24 heavy (non-hydrogen) atoms. The molecule has 3 heterocycles. The van der Waals surface area contributed by atoms with E-state index in [1.165, 1.54) is 6.42 Å². The van der Waals surface area contributed by atoms with Gasteiger partial charge in [0.2, 0.25) is 0 Å². The Morgan fingerprint density at radius 3 is 2.29 bits per heavy atom. The number of carbonyl (C=O) groups excluding carboxylic acids is 2. The lowest BCUT2D eigenvalue weighted by molar-refractivity contribution is -0.146. The number of fused-ring (bicyclic) bond motifs is 4. The standard InChI is InChI=1S/C18H28N2O4/c1-3-23-17(21)16-13-9-19(10-14(13)16)15-7-12-6-5-11(15)8-20(12)18(22)24-4-2/h11-16H,3-10H2,1-2H3/t11?,12?,13-,14+,15?,16-. The van der Waals surface area contributed by atoms with Crippen LogP contribution in [0.3, 0.4) is 0 Å². The summed E-state index contributed by atoms with van der Waals surface area (Å²) in [6, 6.07) is 0.905. The van der Waals surface area contributed by atoms with Crippen molar-refractivity contribution < 1.29 is 19.1 Å². The summed E-state index contributed by atoms with van der Waals surface area (Å²) < 4.78 is 10.4. The second-order valence-corrected chi connectivity index (χ2v) is 7.71. The van der Waals surface area contributed by atoms with Crippen molar-refractivity contribution in [1.82, 2.24) is 9.80 Å². The number of amides is 1. The summed E-state index contributed by atoms with van der Waals surface area (Å²) in [6.45, 7) is 7.55. The van der Waals surface area contributed by atoms with Crippen LogP contribution in [-0.2, 0) is 14.3 Å². The Morgan fingerprint density at radius 1 is 1.00 bits per heavy atom. The highest BCUT2D eigenvalue weighted by atomic mass is 16.6. The predicted octanol–water partition coefficient (Wildman–Crippen LogP) is 1.74. The van der Waals surface area contributed by atoms with Crippen LogP contribution < -0.4 is 0 Å². The molecule has 6 heteroatoms. The van der Waals surface area contributed by atoms with Crippen LogP contribution in [0.2, 0.25) is 0 Å². The van der Waals surface area contributed by atoms with E-state index in [9.17, 15) is 9.59 Å². The maximum absolute atomic E-state index is 12.1. The molecule has 5 fully saturated rings. The first-order valence-electron chi connectivity index (χ1n) is 9.48. The Labute approximate surface area is 143 Å². The highest BCUT2D eigenvalue weighted by Crippen LogP contribution is 2.54. The summed E-state index contributed by atoms with van der Waals surface area (Å²) in [4.78, 5) is 28.5. The van der Waals surface area contributed by atoms with Gasteiger partial charge >= 0.3 is 12.1 Å². The maximum atomic E-state index is 12.1. The molecular weight excluding hydrogens is 308 g/mol. The van der Waals surface area contributed by atoms with Crippen LogP contribution in [0.15, 0.2) is 0 Å². The number of likely N-dealkylation sites (tertiary alicyclic amines) is 1. The van der Waals surface area contributed by atoms with E-state index < -0.39 is 0 Å². The molecule has 3 unspecified atom stereocenters. The zero-order chi connectivity index (χ0) is 16.8. The fraction of sp³-hybridized carbons (Fsp3) is 0.889. The number of carbonyl (C=O) groups is 2. The number of hydrogen-bond acceptors (Lipinski definition) is 5. The van der Waals surface area contributed by atoms with Gasteiger partial charge in [0, 0.05) is 31.7 Å². The fourth-order valence-electron chi connectivity index (χ4n) is 5.38. The molecule has 5 rings (SSSR count). The summed E-state index contributed by atoms with van der Waals surface area (Å²) >= 11 is 0. The predicted molar refractivity (Wildman–Crippen MR) is 87.3 cm³/mol. The third-order valence-corrected chi connectivity index (χ3v) is 6.55. The van der Waals surface area contributed by atoms with E-state index in [0.29, 0.717) is 43.1 Å². The van der Waals surface area contributed by atoms with E-state index in [4.69, 9.17) is 9.47 Å². The van der Waals surface area contributed by atoms with Crippen LogP contribution in [0.1, 0.15) is 33.1 Å². The van der Waals surface area contributed by atoms with Crippen LogP contribution in [0.25, 0.3) is 0 Å². The topological polar surface area (TPSA) is 59.1 Å². The van der Waals surface area contributed by atoms with Crippen LogP contribution >= 0.6 is 0 Å². The molecular formula is C18H28N2O4. The van der Waals surface area contributed by atoms with Gasteiger partial charge in [0.25, 0.3) is 0 Å². The lowest BCUT2D eigenvalue weighted by Gasteiger charge is -2.51. The van der Waals surface area contributed by atoms with Crippen molar-refractivity contribution in [1.29, 1.82) is 0 Å². The van der Waals surface area contributed by atoms with Crippen LogP contribution in [0.4, 0.5) is 4.79 Å². The Bertz CT molecular complexity index is 513. The fourth-order valence-corrected chi connectivity index (χ4v) is 5.38. The number of nitrogens with zero attached hydrogens (tertiary/aromatic N) is 2. The quantitative estimate of drug-likeness (QED) is 0.732. The number of ether oxygens (including phenoxy) is 2. The highest BCUT2D eigenvalue weighted by molar-refractivity contribution is 5.77. The number of piperidine rings is 3. The lowest BCUT2D eigenvalue weighted by Crippen LogP contribution is -2.60. The minimum atomic E-state index is -0.141. The van der Waals surface area contributed by atoms with Gasteiger partial charge in [-0.3, -0.25) is 9.69 Å². The van der Waals surface area contributed by atoms with E-state index in [1.807, 2.05) is 18.7 Å². The molecule has 5 aliphatic rings. The molecule has 6 nitrogen and oxygen atoms in total. The Kier molecular flexibility index (Phi) is 4.19. The van der Waals surface area contributed by atoms with E-state index in [2.05, 4.69) is 4.90 Å². The molecule has 0 spiro atoms. The van der Waals surface area contributed by atoms with Crippen molar-refractivity contribution >= 4 is 12.1 Å². The van der Waals surface area contributed by atoms with E-state index >= 15 is 0 Å². The lowest BCUT2D eigenvalue weighted by atomic mass is 9.75. The Balaban J connectivity index is 1.33. The van der Waals surface area contributed by atoms with Crippen molar-refractivity contribution in [2.75, 3.05) is 32.8 Å². The molecule has 3 saturated heterocycles. The number of esters is 1. The highest BCUT2D eigenvalue weighted by Gasteiger charge is 2.62. The third kappa shape index (κ3) is 2.59. The van der Waals surface area contributed by atoms with Crippen molar-refractivity contribution in [3.8, 4) is 0 Å². The summed E-state index contributed by atoms with van der Waals surface area (Å²) in [5.41, 5.74) is 0. The minimum Gasteiger partial charge on any atom is -0.466 e. The van der Waals surface area contributed by atoms with E-state index in [1.54, 1.807) is 0 Å².